The van der Waals surface area contributed by atoms with Gasteiger partial charge in [-0.2, -0.15) is 4.68 Å². The zero-order valence-corrected chi connectivity index (χ0v) is 8.89. The van der Waals surface area contributed by atoms with Crippen LogP contribution < -0.4 is 5.32 Å². The normalized spacial score (nSPS) is 10.6. The van der Waals surface area contributed by atoms with Crippen molar-refractivity contribution in [3.63, 3.8) is 0 Å². The minimum absolute atomic E-state index is 0.333. The first-order valence-corrected chi connectivity index (χ1v) is 4.99. The van der Waals surface area contributed by atoms with Gasteiger partial charge in [0, 0.05) is 13.0 Å². The third kappa shape index (κ3) is 2.06. The first-order chi connectivity index (χ1) is 7.83. The average molecular weight is 221 g/mol. The predicted octanol–water partition coefficient (Wildman–Crippen LogP) is 0.563. The molecule has 0 atom stereocenters. The summed E-state index contributed by atoms with van der Waals surface area (Å²) in [6, 6.07) is 6.42. The molecule has 2 aromatic rings. The molecule has 1 heterocycles. The molecular formula is C10H12FN5. The third-order valence-corrected chi connectivity index (χ3v) is 2.21. The number of para-hydroxylation sites is 1. The third-order valence-electron chi connectivity index (χ3n) is 2.21. The second-order valence-electron chi connectivity index (χ2n) is 3.31. The highest BCUT2D eigenvalue weighted by molar-refractivity contribution is 5.32. The molecule has 2 rings (SSSR count). The van der Waals surface area contributed by atoms with Gasteiger partial charge >= 0.3 is 0 Å². The molecule has 6 heteroatoms. The van der Waals surface area contributed by atoms with E-state index in [-0.39, 0.29) is 5.82 Å². The summed E-state index contributed by atoms with van der Waals surface area (Å²) in [5.41, 5.74) is 0.374. The Kier molecular flexibility index (Phi) is 3.21. The quantitative estimate of drug-likeness (QED) is 0.819. The van der Waals surface area contributed by atoms with Crippen LogP contribution in [0, 0.1) is 5.82 Å². The number of hydrogen-bond acceptors (Lipinski definition) is 4. The Balaban J connectivity index is 2.33. The van der Waals surface area contributed by atoms with E-state index in [0.29, 0.717) is 17.9 Å². The SMILES string of the molecule is CNCCc1nnnn1-c1ccccc1F. The molecule has 1 aromatic carbocycles. The number of nitrogens with one attached hydrogen (secondary N) is 1. The fourth-order valence-electron chi connectivity index (χ4n) is 1.41. The van der Waals surface area contributed by atoms with E-state index in [1.54, 1.807) is 18.2 Å². The van der Waals surface area contributed by atoms with Crippen molar-refractivity contribution in [2.24, 2.45) is 0 Å². The highest BCUT2D eigenvalue weighted by Gasteiger charge is 2.10. The van der Waals surface area contributed by atoms with Crippen LogP contribution in [0.4, 0.5) is 4.39 Å². The molecule has 0 aliphatic rings. The Bertz CT molecular complexity index is 468. The standard InChI is InChI=1S/C10H12FN5/c1-12-7-6-10-13-14-15-16(10)9-5-3-2-4-8(9)11/h2-5,12H,6-7H2,1H3. The summed E-state index contributed by atoms with van der Waals surface area (Å²) in [4.78, 5) is 0. The van der Waals surface area contributed by atoms with Crippen LogP contribution in [0.25, 0.3) is 5.69 Å². The van der Waals surface area contributed by atoms with Crippen LogP contribution in [0.15, 0.2) is 24.3 Å². The maximum Gasteiger partial charge on any atom is 0.158 e. The van der Waals surface area contributed by atoms with Crippen LogP contribution in [-0.2, 0) is 6.42 Å². The van der Waals surface area contributed by atoms with Gasteiger partial charge in [-0.25, -0.2) is 4.39 Å². The Morgan fingerprint density at radius 1 is 1.38 bits per heavy atom. The number of nitrogens with zero attached hydrogens (tertiary/aromatic N) is 4. The van der Waals surface area contributed by atoms with E-state index in [1.807, 2.05) is 7.05 Å². The summed E-state index contributed by atoms with van der Waals surface area (Å²) in [6.07, 6.45) is 0.651. The number of tetrazole rings is 1. The average Bonchev–Trinajstić information content (AvgIpc) is 2.75. The minimum atomic E-state index is -0.333. The van der Waals surface area contributed by atoms with Crippen LogP contribution in [0.1, 0.15) is 5.82 Å². The van der Waals surface area contributed by atoms with Crippen molar-refractivity contribution in [1.29, 1.82) is 0 Å². The second kappa shape index (κ2) is 4.80. The zero-order chi connectivity index (χ0) is 11.4. The summed E-state index contributed by atoms with van der Waals surface area (Å²) in [5, 5.41) is 14.2. The zero-order valence-electron chi connectivity index (χ0n) is 8.89. The molecule has 5 nitrogen and oxygen atoms in total. The van der Waals surface area contributed by atoms with Crippen molar-refractivity contribution in [1.82, 2.24) is 25.5 Å². The maximum atomic E-state index is 13.5. The summed E-state index contributed by atoms with van der Waals surface area (Å²) in [6.45, 7) is 0.745. The van der Waals surface area contributed by atoms with Gasteiger partial charge in [-0.1, -0.05) is 12.1 Å². The van der Waals surface area contributed by atoms with Crippen molar-refractivity contribution < 1.29 is 4.39 Å². The molecular weight excluding hydrogens is 209 g/mol. The maximum absolute atomic E-state index is 13.5. The largest absolute Gasteiger partial charge is 0.319 e. The van der Waals surface area contributed by atoms with E-state index in [1.165, 1.54) is 10.7 Å². The topological polar surface area (TPSA) is 55.6 Å². The summed E-state index contributed by atoms with van der Waals surface area (Å²) < 4.78 is 14.9. The van der Waals surface area contributed by atoms with E-state index in [4.69, 9.17) is 0 Å². The number of hydrogen-bond donors (Lipinski definition) is 1. The molecule has 0 amide bonds. The highest BCUT2D eigenvalue weighted by atomic mass is 19.1. The monoisotopic (exact) mass is 221 g/mol. The molecule has 0 aliphatic heterocycles. The van der Waals surface area contributed by atoms with Crippen molar-refractivity contribution in [3.05, 3.63) is 35.9 Å². The number of aromatic nitrogens is 4. The molecule has 0 bridgehead atoms. The fraction of sp³-hybridized carbons (Fsp3) is 0.300. The van der Waals surface area contributed by atoms with E-state index in [2.05, 4.69) is 20.8 Å². The van der Waals surface area contributed by atoms with Gasteiger partial charge in [0.25, 0.3) is 0 Å². The van der Waals surface area contributed by atoms with Gasteiger partial charge < -0.3 is 5.32 Å². The molecule has 1 N–H and O–H groups in total. The van der Waals surface area contributed by atoms with Crippen LogP contribution in [-0.4, -0.2) is 33.8 Å². The molecule has 84 valence electrons. The van der Waals surface area contributed by atoms with Crippen molar-refractivity contribution >= 4 is 0 Å². The number of benzene rings is 1. The van der Waals surface area contributed by atoms with Gasteiger partial charge in [-0.3, -0.25) is 0 Å². The first kappa shape index (κ1) is 10.7. The summed E-state index contributed by atoms with van der Waals surface area (Å²) in [5.74, 6) is 0.306. The Hall–Kier alpha value is -1.82. The molecule has 0 spiro atoms. The van der Waals surface area contributed by atoms with Gasteiger partial charge in [0.1, 0.15) is 11.5 Å². The van der Waals surface area contributed by atoms with Gasteiger partial charge in [-0.05, 0) is 29.6 Å². The second-order valence-corrected chi connectivity index (χ2v) is 3.31. The number of likely N-dealkylation sites (N-methyl/N-ethyl adjacent to an activating group) is 1. The number of rotatable bonds is 4. The van der Waals surface area contributed by atoms with Crippen molar-refractivity contribution in [2.75, 3.05) is 13.6 Å². The van der Waals surface area contributed by atoms with Crippen LogP contribution in [0.5, 0.6) is 0 Å². The van der Waals surface area contributed by atoms with E-state index < -0.39 is 0 Å². The van der Waals surface area contributed by atoms with Crippen LogP contribution in [0.3, 0.4) is 0 Å². The van der Waals surface area contributed by atoms with Crippen molar-refractivity contribution in [3.8, 4) is 5.69 Å². The molecule has 0 saturated carbocycles. The molecule has 0 saturated heterocycles. The van der Waals surface area contributed by atoms with Gasteiger partial charge in [-0.15, -0.1) is 5.10 Å². The Morgan fingerprint density at radius 2 is 2.19 bits per heavy atom. The lowest BCUT2D eigenvalue weighted by Gasteiger charge is -2.04. The lowest BCUT2D eigenvalue weighted by molar-refractivity contribution is 0.600. The Labute approximate surface area is 92.3 Å². The summed E-state index contributed by atoms with van der Waals surface area (Å²) >= 11 is 0. The van der Waals surface area contributed by atoms with Crippen molar-refractivity contribution in [2.45, 2.75) is 6.42 Å². The van der Waals surface area contributed by atoms with Gasteiger partial charge in [0.05, 0.1) is 0 Å². The van der Waals surface area contributed by atoms with Crippen LogP contribution in [0.2, 0.25) is 0 Å². The summed E-state index contributed by atoms with van der Waals surface area (Å²) in [7, 11) is 1.84. The lowest BCUT2D eigenvalue weighted by atomic mass is 10.3. The molecule has 1 aromatic heterocycles. The lowest BCUT2D eigenvalue weighted by Crippen LogP contribution is -2.14. The van der Waals surface area contributed by atoms with Gasteiger partial charge in [0.15, 0.2) is 5.82 Å². The van der Waals surface area contributed by atoms with Gasteiger partial charge in [0.2, 0.25) is 0 Å². The molecule has 0 unspecified atom stereocenters. The fourth-order valence-corrected chi connectivity index (χ4v) is 1.41. The van der Waals surface area contributed by atoms with E-state index >= 15 is 0 Å². The molecule has 0 aliphatic carbocycles. The van der Waals surface area contributed by atoms with E-state index in [0.717, 1.165) is 6.54 Å². The van der Waals surface area contributed by atoms with Crippen LogP contribution >= 0.6 is 0 Å². The Morgan fingerprint density at radius 3 is 2.94 bits per heavy atom. The molecule has 0 radical (unpaired) electrons. The predicted molar refractivity (Wildman–Crippen MR) is 56.7 cm³/mol. The highest BCUT2D eigenvalue weighted by Crippen LogP contribution is 2.12. The first-order valence-electron chi connectivity index (χ1n) is 4.99. The van der Waals surface area contributed by atoms with E-state index in [9.17, 15) is 4.39 Å². The minimum Gasteiger partial charge on any atom is -0.319 e. The number of halogens is 1. The molecule has 16 heavy (non-hydrogen) atoms. The smallest absolute Gasteiger partial charge is 0.158 e. The molecule has 0 fully saturated rings.